The molecule has 2 heteroatoms. The van der Waals surface area contributed by atoms with Gasteiger partial charge >= 0.3 is 0 Å². The lowest BCUT2D eigenvalue weighted by molar-refractivity contribution is 0.431. The number of rotatable bonds is 0. The van der Waals surface area contributed by atoms with Gasteiger partial charge in [0, 0.05) is 24.9 Å². The molecule has 56 valence electrons. The van der Waals surface area contributed by atoms with Crippen LogP contribution in [0, 0.1) is 0 Å². The van der Waals surface area contributed by atoms with E-state index in [1.807, 2.05) is 12.1 Å². The third-order valence-electron chi connectivity index (χ3n) is 1.94. The van der Waals surface area contributed by atoms with Crippen molar-refractivity contribution in [2.24, 2.45) is 5.10 Å². The van der Waals surface area contributed by atoms with Crippen molar-refractivity contribution in [2.75, 3.05) is 7.05 Å². The summed E-state index contributed by atoms with van der Waals surface area (Å²) in [5, 5.41) is 6.24. The molecule has 0 atom stereocenters. The Morgan fingerprint density at radius 2 is 1.90 bits per heavy atom. The summed E-state index contributed by atoms with van der Waals surface area (Å²) in [7, 11) is 1.99. The van der Waals surface area contributed by atoms with E-state index in [-0.39, 0.29) is 0 Å². The minimum atomic E-state index is 1.04. The first-order valence-corrected chi connectivity index (χ1v) is 3.55. The van der Waals surface area contributed by atoms with E-state index < -0.39 is 0 Å². The molecule has 0 aliphatic carbocycles. The zero-order valence-corrected chi connectivity index (χ0v) is 7.10. The third-order valence-corrected chi connectivity index (χ3v) is 1.94. The topological polar surface area (TPSA) is 15.6 Å². The maximum Gasteiger partial charge on any atom is 0.0394 e. The smallest absolute Gasteiger partial charge is 0.0394 e. The molecule has 0 amide bonds. The zero-order chi connectivity index (χ0) is 7.72. The SMILES string of the molecule is CC1=NN(C)C(C)=C(C)C1. The molecular formula is C8H14N2. The number of allylic oxidation sites excluding steroid dienone is 2. The van der Waals surface area contributed by atoms with Crippen LogP contribution >= 0.6 is 0 Å². The average molecular weight is 138 g/mol. The Balaban J connectivity index is 2.85. The summed E-state index contributed by atoms with van der Waals surface area (Å²) in [5.41, 5.74) is 3.91. The summed E-state index contributed by atoms with van der Waals surface area (Å²) < 4.78 is 0. The summed E-state index contributed by atoms with van der Waals surface area (Å²) in [6.45, 7) is 6.32. The van der Waals surface area contributed by atoms with Crippen LogP contribution in [0.5, 0.6) is 0 Å². The van der Waals surface area contributed by atoms with Gasteiger partial charge in [0.05, 0.1) is 0 Å². The zero-order valence-electron chi connectivity index (χ0n) is 7.10. The van der Waals surface area contributed by atoms with Crippen LogP contribution in [0.15, 0.2) is 16.4 Å². The second-order valence-corrected chi connectivity index (χ2v) is 2.90. The lowest BCUT2D eigenvalue weighted by atomic mass is 10.1. The second kappa shape index (κ2) is 2.45. The van der Waals surface area contributed by atoms with Crippen molar-refractivity contribution in [2.45, 2.75) is 27.2 Å². The van der Waals surface area contributed by atoms with Gasteiger partial charge in [-0.2, -0.15) is 5.10 Å². The number of nitrogens with zero attached hydrogens (tertiary/aromatic N) is 2. The fourth-order valence-corrected chi connectivity index (χ4v) is 1.15. The highest BCUT2D eigenvalue weighted by Gasteiger charge is 2.09. The molecule has 0 radical (unpaired) electrons. The van der Waals surface area contributed by atoms with Gasteiger partial charge < -0.3 is 0 Å². The van der Waals surface area contributed by atoms with Gasteiger partial charge in [0.2, 0.25) is 0 Å². The quantitative estimate of drug-likeness (QED) is 0.500. The van der Waals surface area contributed by atoms with Gasteiger partial charge in [-0.25, -0.2) is 0 Å². The van der Waals surface area contributed by atoms with E-state index in [1.54, 1.807) is 0 Å². The molecule has 1 heterocycles. The van der Waals surface area contributed by atoms with Gasteiger partial charge in [0.15, 0.2) is 0 Å². The molecule has 0 N–H and O–H groups in total. The Labute approximate surface area is 62.2 Å². The van der Waals surface area contributed by atoms with Crippen molar-refractivity contribution in [3.8, 4) is 0 Å². The van der Waals surface area contributed by atoms with Crippen molar-refractivity contribution in [3.63, 3.8) is 0 Å². The van der Waals surface area contributed by atoms with E-state index in [4.69, 9.17) is 0 Å². The Morgan fingerprint density at radius 3 is 2.40 bits per heavy atom. The highest BCUT2D eigenvalue weighted by atomic mass is 15.4. The summed E-state index contributed by atoms with van der Waals surface area (Å²) in [5.74, 6) is 0. The molecule has 1 rings (SSSR count). The lowest BCUT2D eigenvalue weighted by Crippen LogP contribution is -2.17. The van der Waals surface area contributed by atoms with Gasteiger partial charge in [-0.3, -0.25) is 5.01 Å². The predicted molar refractivity (Wildman–Crippen MR) is 43.9 cm³/mol. The largest absolute Gasteiger partial charge is 0.273 e. The maximum absolute atomic E-state index is 4.31. The molecule has 0 bridgehead atoms. The van der Waals surface area contributed by atoms with Crippen LogP contribution in [0.1, 0.15) is 27.2 Å². The van der Waals surface area contributed by atoms with Crippen LogP contribution in [0.3, 0.4) is 0 Å². The number of hydrogen-bond acceptors (Lipinski definition) is 2. The van der Waals surface area contributed by atoms with Crippen molar-refractivity contribution < 1.29 is 0 Å². The average Bonchev–Trinajstić information content (AvgIpc) is 1.82. The van der Waals surface area contributed by atoms with Crippen molar-refractivity contribution in [1.82, 2.24) is 5.01 Å². The van der Waals surface area contributed by atoms with Crippen LogP contribution < -0.4 is 0 Å². The van der Waals surface area contributed by atoms with E-state index >= 15 is 0 Å². The van der Waals surface area contributed by atoms with Gasteiger partial charge in [0.1, 0.15) is 0 Å². The fourth-order valence-electron chi connectivity index (χ4n) is 1.15. The lowest BCUT2D eigenvalue weighted by Gasteiger charge is -2.22. The fraction of sp³-hybridized carbons (Fsp3) is 0.625. The van der Waals surface area contributed by atoms with E-state index in [1.165, 1.54) is 17.0 Å². The molecule has 2 nitrogen and oxygen atoms in total. The Morgan fingerprint density at radius 1 is 1.30 bits per heavy atom. The van der Waals surface area contributed by atoms with E-state index in [0.717, 1.165) is 6.42 Å². The van der Waals surface area contributed by atoms with Crippen LogP contribution in [-0.2, 0) is 0 Å². The molecular weight excluding hydrogens is 124 g/mol. The first kappa shape index (κ1) is 7.32. The Hall–Kier alpha value is -0.790. The van der Waals surface area contributed by atoms with Gasteiger partial charge in [-0.15, -0.1) is 0 Å². The minimum absolute atomic E-state index is 1.04. The van der Waals surface area contributed by atoms with E-state index in [0.29, 0.717) is 0 Å². The second-order valence-electron chi connectivity index (χ2n) is 2.90. The molecule has 0 saturated heterocycles. The highest BCUT2D eigenvalue weighted by Crippen LogP contribution is 2.17. The van der Waals surface area contributed by atoms with Crippen LogP contribution in [0.2, 0.25) is 0 Å². The first-order valence-electron chi connectivity index (χ1n) is 3.55. The summed E-state index contributed by atoms with van der Waals surface area (Å²) in [6.07, 6.45) is 1.04. The molecule has 0 fully saturated rings. The van der Waals surface area contributed by atoms with E-state index in [9.17, 15) is 0 Å². The molecule has 0 aromatic heterocycles. The van der Waals surface area contributed by atoms with Crippen LogP contribution in [0.25, 0.3) is 0 Å². The van der Waals surface area contributed by atoms with Gasteiger partial charge in [0.25, 0.3) is 0 Å². The van der Waals surface area contributed by atoms with Gasteiger partial charge in [-0.05, 0) is 26.3 Å². The maximum atomic E-state index is 4.31. The monoisotopic (exact) mass is 138 g/mol. The number of hydrazone groups is 1. The normalized spacial score (nSPS) is 19.6. The molecule has 0 aromatic carbocycles. The Bertz CT molecular complexity index is 201. The van der Waals surface area contributed by atoms with Crippen LogP contribution in [0.4, 0.5) is 0 Å². The van der Waals surface area contributed by atoms with Crippen molar-refractivity contribution in [3.05, 3.63) is 11.3 Å². The first-order chi connectivity index (χ1) is 4.61. The van der Waals surface area contributed by atoms with Crippen LogP contribution in [-0.4, -0.2) is 17.8 Å². The Kier molecular flexibility index (Phi) is 1.79. The standard InChI is InChI=1S/C8H14N2/c1-6-5-7(2)9-10(4)8(6)3/h5H2,1-4H3. The molecule has 0 saturated carbocycles. The van der Waals surface area contributed by atoms with Gasteiger partial charge in [-0.1, -0.05) is 0 Å². The summed E-state index contributed by atoms with van der Waals surface area (Å²) >= 11 is 0. The molecule has 0 unspecified atom stereocenters. The predicted octanol–water partition coefficient (Wildman–Crippen LogP) is 1.99. The minimum Gasteiger partial charge on any atom is -0.273 e. The van der Waals surface area contributed by atoms with Crippen molar-refractivity contribution >= 4 is 5.71 Å². The summed E-state index contributed by atoms with van der Waals surface area (Å²) in [4.78, 5) is 0. The molecule has 1 aliphatic heterocycles. The summed E-state index contributed by atoms with van der Waals surface area (Å²) in [6, 6.07) is 0. The molecule has 10 heavy (non-hydrogen) atoms. The molecule has 0 spiro atoms. The highest BCUT2D eigenvalue weighted by molar-refractivity contribution is 5.84. The van der Waals surface area contributed by atoms with E-state index in [2.05, 4.69) is 25.9 Å². The number of hydrogen-bond donors (Lipinski definition) is 0. The third kappa shape index (κ3) is 1.20. The van der Waals surface area contributed by atoms with Crippen molar-refractivity contribution in [1.29, 1.82) is 0 Å². The molecule has 0 aromatic rings. The molecule has 1 aliphatic rings.